The van der Waals surface area contributed by atoms with E-state index in [1.807, 2.05) is 48.5 Å². The maximum absolute atomic E-state index is 12.4. The van der Waals surface area contributed by atoms with E-state index in [1.54, 1.807) is 30.0 Å². The number of aliphatic hydroxyl groups is 1. The molecular formula is C21H21ClN2O3. The van der Waals surface area contributed by atoms with Gasteiger partial charge >= 0.3 is 0 Å². The van der Waals surface area contributed by atoms with Gasteiger partial charge in [-0.15, -0.1) is 0 Å². The molecule has 1 atom stereocenters. The third-order valence-corrected chi connectivity index (χ3v) is 4.54. The van der Waals surface area contributed by atoms with Crippen molar-refractivity contribution < 1.29 is 14.6 Å². The van der Waals surface area contributed by atoms with Crippen molar-refractivity contribution in [3.8, 4) is 11.4 Å². The Hall–Kier alpha value is -2.76. The molecule has 1 unspecified atom stereocenters. The molecule has 0 aliphatic heterocycles. The summed E-state index contributed by atoms with van der Waals surface area (Å²) >= 11 is 5.86. The number of methoxy groups -OCH3 is 1. The first kappa shape index (κ1) is 19.0. The molecule has 1 amide bonds. The summed E-state index contributed by atoms with van der Waals surface area (Å²) < 4.78 is 6.94. The van der Waals surface area contributed by atoms with Gasteiger partial charge in [0.05, 0.1) is 12.8 Å². The zero-order valence-electron chi connectivity index (χ0n) is 14.9. The highest BCUT2D eigenvalue weighted by atomic mass is 35.5. The van der Waals surface area contributed by atoms with Crippen LogP contribution in [0.2, 0.25) is 5.02 Å². The van der Waals surface area contributed by atoms with Crippen LogP contribution in [0.4, 0.5) is 0 Å². The molecule has 2 aromatic carbocycles. The van der Waals surface area contributed by atoms with Crippen LogP contribution in [-0.4, -0.2) is 29.2 Å². The molecule has 0 aliphatic rings. The number of ether oxygens (including phenoxy) is 1. The molecule has 3 rings (SSSR count). The second kappa shape index (κ2) is 8.75. The molecule has 0 saturated heterocycles. The van der Waals surface area contributed by atoms with Gasteiger partial charge in [0.25, 0.3) is 5.91 Å². The first-order valence-electron chi connectivity index (χ1n) is 8.60. The topological polar surface area (TPSA) is 63.5 Å². The first-order valence-corrected chi connectivity index (χ1v) is 8.98. The molecule has 1 heterocycles. The van der Waals surface area contributed by atoms with Crippen LogP contribution in [0.15, 0.2) is 66.9 Å². The zero-order valence-corrected chi connectivity index (χ0v) is 15.7. The van der Waals surface area contributed by atoms with Gasteiger partial charge in [-0.1, -0.05) is 23.7 Å². The molecule has 5 nitrogen and oxygen atoms in total. The maximum Gasteiger partial charge on any atom is 0.255 e. The van der Waals surface area contributed by atoms with Gasteiger partial charge < -0.3 is 19.7 Å². The van der Waals surface area contributed by atoms with Crippen molar-refractivity contribution in [2.45, 2.75) is 12.5 Å². The number of hydrogen-bond donors (Lipinski definition) is 2. The predicted octanol–water partition coefficient (Wildman–Crippen LogP) is 3.53. The fourth-order valence-corrected chi connectivity index (χ4v) is 2.93. The Balaban J connectivity index is 1.63. The number of amides is 1. The number of nitrogens with zero attached hydrogens (tertiary/aromatic N) is 1. The van der Waals surface area contributed by atoms with E-state index in [0.717, 1.165) is 17.0 Å². The van der Waals surface area contributed by atoms with E-state index in [2.05, 4.69) is 5.32 Å². The van der Waals surface area contributed by atoms with Crippen LogP contribution in [0.1, 0.15) is 17.4 Å². The van der Waals surface area contributed by atoms with Crippen molar-refractivity contribution in [3.63, 3.8) is 0 Å². The second-order valence-electron chi connectivity index (χ2n) is 6.07. The van der Waals surface area contributed by atoms with Crippen molar-refractivity contribution in [3.05, 3.63) is 83.1 Å². The quantitative estimate of drug-likeness (QED) is 0.655. The lowest BCUT2D eigenvalue weighted by atomic mass is 10.1. The molecule has 0 spiro atoms. The molecule has 27 heavy (non-hydrogen) atoms. The second-order valence-corrected chi connectivity index (χ2v) is 6.51. The summed E-state index contributed by atoms with van der Waals surface area (Å²) in [6.07, 6.45) is 1.21. The minimum Gasteiger partial charge on any atom is -0.497 e. The lowest BCUT2D eigenvalue weighted by Crippen LogP contribution is -2.31. The summed E-state index contributed by atoms with van der Waals surface area (Å²) in [4.78, 5) is 12.4. The summed E-state index contributed by atoms with van der Waals surface area (Å²) in [7, 11) is 1.61. The Labute approximate surface area is 163 Å². The molecule has 0 fully saturated rings. The number of aromatic nitrogens is 1. The van der Waals surface area contributed by atoms with Gasteiger partial charge in [0.2, 0.25) is 0 Å². The van der Waals surface area contributed by atoms with E-state index in [0.29, 0.717) is 23.7 Å². The Kier molecular flexibility index (Phi) is 6.16. The average molecular weight is 385 g/mol. The van der Waals surface area contributed by atoms with Crippen molar-refractivity contribution in [1.29, 1.82) is 0 Å². The smallest absolute Gasteiger partial charge is 0.255 e. The Morgan fingerprint density at radius 1 is 1.15 bits per heavy atom. The van der Waals surface area contributed by atoms with Crippen LogP contribution >= 0.6 is 11.6 Å². The highest BCUT2D eigenvalue weighted by Crippen LogP contribution is 2.21. The molecular weight excluding hydrogens is 364 g/mol. The summed E-state index contributed by atoms with van der Waals surface area (Å²) in [5.74, 6) is 0.311. The molecule has 0 radical (unpaired) electrons. The highest BCUT2D eigenvalue weighted by molar-refractivity contribution is 6.30. The predicted molar refractivity (Wildman–Crippen MR) is 105 cm³/mol. The molecule has 2 N–H and O–H groups in total. The first-order chi connectivity index (χ1) is 13.1. The lowest BCUT2D eigenvalue weighted by molar-refractivity contribution is -0.129. The number of aliphatic hydroxyl groups excluding tert-OH is 1. The van der Waals surface area contributed by atoms with Crippen molar-refractivity contribution in [1.82, 2.24) is 9.88 Å². The lowest BCUT2D eigenvalue weighted by Gasteiger charge is -2.15. The molecule has 1 aromatic heterocycles. The monoisotopic (exact) mass is 384 g/mol. The number of halogens is 1. The van der Waals surface area contributed by atoms with Crippen LogP contribution in [0.25, 0.3) is 5.69 Å². The van der Waals surface area contributed by atoms with E-state index >= 15 is 0 Å². The minimum atomic E-state index is -1.26. The largest absolute Gasteiger partial charge is 0.497 e. The van der Waals surface area contributed by atoms with Gasteiger partial charge in [0.15, 0.2) is 6.10 Å². The van der Waals surface area contributed by atoms with Crippen molar-refractivity contribution in [2.75, 3.05) is 13.7 Å². The summed E-state index contributed by atoms with van der Waals surface area (Å²) in [6.45, 7) is 0.431. The fourth-order valence-electron chi connectivity index (χ4n) is 2.81. The Morgan fingerprint density at radius 2 is 1.85 bits per heavy atom. The summed E-state index contributed by atoms with van der Waals surface area (Å²) in [5, 5.41) is 13.9. The Bertz CT molecular complexity index is 889. The van der Waals surface area contributed by atoms with E-state index in [1.165, 1.54) is 0 Å². The molecule has 140 valence electrons. The van der Waals surface area contributed by atoms with Gasteiger partial charge in [-0.25, -0.2) is 0 Å². The Morgan fingerprint density at radius 3 is 2.52 bits per heavy atom. The minimum absolute atomic E-state index is 0.431. The van der Waals surface area contributed by atoms with E-state index in [-0.39, 0.29) is 0 Å². The average Bonchev–Trinajstić information content (AvgIpc) is 3.18. The van der Waals surface area contributed by atoms with Gasteiger partial charge in [-0.2, -0.15) is 0 Å². The normalized spacial score (nSPS) is 11.8. The third kappa shape index (κ3) is 4.70. The number of hydrogen-bond acceptors (Lipinski definition) is 3. The maximum atomic E-state index is 12.4. The van der Waals surface area contributed by atoms with Crippen molar-refractivity contribution in [2.24, 2.45) is 0 Å². The van der Waals surface area contributed by atoms with Crippen LogP contribution in [0.3, 0.4) is 0 Å². The summed E-state index contributed by atoms with van der Waals surface area (Å²) in [5.41, 5.74) is 2.41. The fraction of sp³-hybridized carbons (Fsp3) is 0.190. The molecule has 0 aliphatic carbocycles. The number of rotatable bonds is 7. The third-order valence-electron chi connectivity index (χ3n) is 4.29. The zero-order chi connectivity index (χ0) is 19.2. The van der Waals surface area contributed by atoms with Crippen LogP contribution in [-0.2, 0) is 11.2 Å². The van der Waals surface area contributed by atoms with Crippen LogP contribution in [0, 0.1) is 0 Å². The van der Waals surface area contributed by atoms with Gasteiger partial charge in [0.1, 0.15) is 5.75 Å². The standard InChI is InChI=1S/C21H21ClN2O3/c1-27-18-10-8-17(9-11-18)24-14-2-3-19(24)20(25)21(26)23-13-12-15-4-6-16(22)7-5-15/h2-11,14,20,25H,12-13H2,1H3,(H,23,26). The van der Waals surface area contributed by atoms with E-state index < -0.39 is 12.0 Å². The van der Waals surface area contributed by atoms with E-state index in [4.69, 9.17) is 16.3 Å². The van der Waals surface area contributed by atoms with Crippen LogP contribution < -0.4 is 10.1 Å². The summed E-state index contributed by atoms with van der Waals surface area (Å²) in [6, 6.07) is 18.4. The number of carbonyl (C=O) groups excluding carboxylic acids is 1. The van der Waals surface area contributed by atoms with Gasteiger partial charge in [-0.05, 0) is 60.5 Å². The molecule has 0 saturated carbocycles. The van der Waals surface area contributed by atoms with Crippen LogP contribution in [0.5, 0.6) is 5.75 Å². The molecule has 0 bridgehead atoms. The SMILES string of the molecule is COc1ccc(-n2cccc2C(O)C(=O)NCCc2ccc(Cl)cc2)cc1. The number of benzene rings is 2. The van der Waals surface area contributed by atoms with Gasteiger partial charge in [0, 0.05) is 23.5 Å². The van der Waals surface area contributed by atoms with Gasteiger partial charge in [-0.3, -0.25) is 4.79 Å². The molecule has 3 aromatic rings. The number of nitrogens with one attached hydrogen (secondary N) is 1. The molecule has 6 heteroatoms. The highest BCUT2D eigenvalue weighted by Gasteiger charge is 2.20. The van der Waals surface area contributed by atoms with E-state index in [9.17, 15) is 9.90 Å². The van der Waals surface area contributed by atoms with Crippen molar-refractivity contribution >= 4 is 17.5 Å². The number of carbonyl (C=O) groups is 1.